The molecule has 5 heteroatoms. The van der Waals surface area contributed by atoms with E-state index in [1.165, 1.54) is 0 Å². The molecular formula is C13H20ClNO2S. The van der Waals surface area contributed by atoms with Crippen LogP contribution in [-0.4, -0.2) is 19.8 Å². The molecule has 2 unspecified atom stereocenters. The Kier molecular flexibility index (Phi) is 5.20. The van der Waals surface area contributed by atoms with Gasteiger partial charge in [-0.2, -0.15) is 0 Å². The van der Waals surface area contributed by atoms with Crippen LogP contribution >= 0.6 is 11.6 Å². The quantitative estimate of drug-likeness (QED) is 0.847. The predicted molar refractivity (Wildman–Crippen MR) is 75.6 cm³/mol. The molecule has 0 aliphatic carbocycles. The lowest BCUT2D eigenvalue weighted by Crippen LogP contribution is -2.34. The highest BCUT2D eigenvalue weighted by molar-refractivity contribution is 7.89. The highest BCUT2D eigenvalue weighted by Gasteiger charge is 2.20. The van der Waals surface area contributed by atoms with Crippen LogP contribution < -0.4 is 4.72 Å². The molecule has 0 amide bonds. The standard InChI is InChI=1S/C13H20ClNO2S/c1-9-5-6-13(10(2)7-9)18(16,17)15-12(4)8-11(3)14/h5-7,11-12,15H,8H2,1-4H3. The zero-order valence-electron chi connectivity index (χ0n) is 11.2. The summed E-state index contributed by atoms with van der Waals surface area (Å²) >= 11 is 5.86. The number of alkyl halides is 1. The van der Waals surface area contributed by atoms with Crippen molar-refractivity contribution < 1.29 is 8.42 Å². The van der Waals surface area contributed by atoms with Crippen molar-refractivity contribution in [1.29, 1.82) is 0 Å². The summed E-state index contributed by atoms with van der Waals surface area (Å²) in [5, 5.41) is -0.0539. The number of hydrogen-bond acceptors (Lipinski definition) is 2. The SMILES string of the molecule is Cc1ccc(S(=O)(=O)NC(C)CC(C)Cl)c(C)c1. The van der Waals surface area contributed by atoms with Gasteiger partial charge in [0.05, 0.1) is 4.90 Å². The molecule has 102 valence electrons. The van der Waals surface area contributed by atoms with Gasteiger partial charge >= 0.3 is 0 Å². The molecule has 1 aromatic rings. The third kappa shape index (κ3) is 4.26. The number of sulfonamides is 1. The Hall–Kier alpha value is -0.580. The Labute approximate surface area is 115 Å². The lowest BCUT2D eigenvalue weighted by atomic mass is 10.2. The Morgan fingerprint density at radius 1 is 1.28 bits per heavy atom. The van der Waals surface area contributed by atoms with E-state index in [9.17, 15) is 8.42 Å². The molecule has 18 heavy (non-hydrogen) atoms. The molecule has 1 aromatic carbocycles. The van der Waals surface area contributed by atoms with E-state index in [1.807, 2.05) is 26.8 Å². The zero-order chi connectivity index (χ0) is 13.9. The molecule has 1 N–H and O–H groups in total. The van der Waals surface area contributed by atoms with E-state index < -0.39 is 10.0 Å². The zero-order valence-corrected chi connectivity index (χ0v) is 12.8. The minimum atomic E-state index is -3.46. The van der Waals surface area contributed by atoms with Gasteiger partial charge in [0.25, 0.3) is 0 Å². The Morgan fingerprint density at radius 3 is 2.39 bits per heavy atom. The van der Waals surface area contributed by atoms with Gasteiger partial charge in [0, 0.05) is 11.4 Å². The van der Waals surface area contributed by atoms with Crippen molar-refractivity contribution in [2.75, 3.05) is 0 Å². The van der Waals surface area contributed by atoms with Gasteiger partial charge in [-0.05, 0) is 45.7 Å². The van der Waals surface area contributed by atoms with E-state index in [2.05, 4.69) is 4.72 Å². The molecule has 0 saturated carbocycles. The number of aryl methyl sites for hydroxylation is 2. The van der Waals surface area contributed by atoms with Crippen molar-refractivity contribution in [1.82, 2.24) is 4.72 Å². The van der Waals surface area contributed by atoms with Gasteiger partial charge in [-0.3, -0.25) is 0 Å². The predicted octanol–water partition coefficient (Wildman–Crippen LogP) is 2.99. The fourth-order valence-electron chi connectivity index (χ4n) is 1.96. The van der Waals surface area contributed by atoms with E-state index in [0.29, 0.717) is 11.3 Å². The minimum Gasteiger partial charge on any atom is -0.208 e. The van der Waals surface area contributed by atoms with Gasteiger partial charge in [-0.1, -0.05) is 17.7 Å². The number of benzene rings is 1. The first-order valence-corrected chi connectivity index (χ1v) is 7.88. The molecule has 0 aromatic heterocycles. The van der Waals surface area contributed by atoms with Crippen LogP contribution in [0.5, 0.6) is 0 Å². The molecule has 0 saturated heterocycles. The van der Waals surface area contributed by atoms with Crippen LogP contribution in [0, 0.1) is 13.8 Å². The fourth-order valence-corrected chi connectivity index (χ4v) is 3.71. The smallest absolute Gasteiger partial charge is 0.208 e. The summed E-state index contributed by atoms with van der Waals surface area (Å²) in [6, 6.07) is 5.13. The fraction of sp³-hybridized carbons (Fsp3) is 0.538. The number of halogens is 1. The average molecular weight is 290 g/mol. The van der Waals surface area contributed by atoms with Gasteiger partial charge in [-0.15, -0.1) is 11.6 Å². The first-order chi connectivity index (χ1) is 8.22. The van der Waals surface area contributed by atoms with Gasteiger partial charge in [0.15, 0.2) is 0 Å². The Bertz CT molecular complexity index is 512. The molecule has 0 radical (unpaired) electrons. The summed E-state index contributed by atoms with van der Waals surface area (Å²) in [4.78, 5) is 0.335. The maximum atomic E-state index is 12.2. The van der Waals surface area contributed by atoms with Crippen molar-refractivity contribution >= 4 is 21.6 Å². The molecule has 0 fully saturated rings. The Morgan fingerprint density at radius 2 is 1.89 bits per heavy atom. The summed E-state index contributed by atoms with van der Waals surface area (Å²) in [6.45, 7) is 7.41. The molecule has 0 aliphatic rings. The molecule has 0 bridgehead atoms. The minimum absolute atomic E-state index is 0.0539. The first kappa shape index (κ1) is 15.5. The summed E-state index contributed by atoms with van der Waals surface area (Å²) in [7, 11) is -3.46. The second-order valence-corrected chi connectivity index (χ2v) is 7.24. The maximum absolute atomic E-state index is 12.2. The van der Waals surface area contributed by atoms with Crippen LogP contribution in [0.25, 0.3) is 0 Å². The van der Waals surface area contributed by atoms with Crippen molar-refractivity contribution in [3.8, 4) is 0 Å². The second kappa shape index (κ2) is 6.04. The van der Waals surface area contributed by atoms with Crippen molar-refractivity contribution in [2.45, 2.75) is 50.4 Å². The summed E-state index contributed by atoms with van der Waals surface area (Å²) in [6.07, 6.45) is 0.603. The van der Waals surface area contributed by atoms with Gasteiger partial charge in [0.1, 0.15) is 0 Å². The summed E-state index contributed by atoms with van der Waals surface area (Å²) in [5.74, 6) is 0. The monoisotopic (exact) mass is 289 g/mol. The summed E-state index contributed by atoms with van der Waals surface area (Å²) in [5.41, 5.74) is 1.81. The summed E-state index contributed by atoms with van der Waals surface area (Å²) < 4.78 is 27.1. The van der Waals surface area contributed by atoms with Gasteiger partial charge < -0.3 is 0 Å². The van der Waals surface area contributed by atoms with Crippen LogP contribution in [0.3, 0.4) is 0 Å². The first-order valence-electron chi connectivity index (χ1n) is 5.96. The van der Waals surface area contributed by atoms with E-state index in [4.69, 9.17) is 11.6 Å². The molecule has 2 atom stereocenters. The van der Waals surface area contributed by atoms with Gasteiger partial charge in [0.2, 0.25) is 10.0 Å². The van der Waals surface area contributed by atoms with Crippen molar-refractivity contribution in [2.24, 2.45) is 0 Å². The lowest BCUT2D eigenvalue weighted by Gasteiger charge is -2.16. The normalized spacial score (nSPS) is 15.4. The lowest BCUT2D eigenvalue weighted by molar-refractivity contribution is 0.545. The second-order valence-electron chi connectivity index (χ2n) is 4.81. The largest absolute Gasteiger partial charge is 0.241 e. The highest BCUT2D eigenvalue weighted by atomic mass is 35.5. The van der Waals surface area contributed by atoms with E-state index in [1.54, 1.807) is 19.1 Å². The van der Waals surface area contributed by atoms with Crippen molar-refractivity contribution in [3.05, 3.63) is 29.3 Å². The van der Waals surface area contributed by atoms with E-state index >= 15 is 0 Å². The molecule has 0 spiro atoms. The molecule has 0 heterocycles. The van der Waals surface area contributed by atoms with Crippen molar-refractivity contribution in [3.63, 3.8) is 0 Å². The third-order valence-corrected chi connectivity index (χ3v) is 4.58. The van der Waals surface area contributed by atoms with Crippen LogP contribution in [0.15, 0.2) is 23.1 Å². The molecule has 0 aliphatic heterocycles. The number of nitrogens with one attached hydrogen (secondary N) is 1. The van der Waals surface area contributed by atoms with E-state index in [-0.39, 0.29) is 11.4 Å². The average Bonchev–Trinajstić information content (AvgIpc) is 2.13. The van der Waals surface area contributed by atoms with Gasteiger partial charge in [-0.25, -0.2) is 13.1 Å². The third-order valence-electron chi connectivity index (χ3n) is 2.65. The number of rotatable bonds is 5. The van der Waals surface area contributed by atoms with E-state index in [0.717, 1.165) is 11.1 Å². The molecule has 1 rings (SSSR count). The number of hydrogen-bond donors (Lipinski definition) is 1. The van der Waals surface area contributed by atoms with Crippen LogP contribution in [0.4, 0.5) is 0 Å². The van der Waals surface area contributed by atoms with Crippen LogP contribution in [0.2, 0.25) is 0 Å². The Balaban J connectivity index is 2.93. The topological polar surface area (TPSA) is 46.2 Å². The van der Waals surface area contributed by atoms with Crippen LogP contribution in [0.1, 0.15) is 31.4 Å². The maximum Gasteiger partial charge on any atom is 0.241 e. The van der Waals surface area contributed by atoms with Crippen LogP contribution in [-0.2, 0) is 10.0 Å². The highest BCUT2D eigenvalue weighted by Crippen LogP contribution is 2.17. The molecular weight excluding hydrogens is 270 g/mol. The molecule has 3 nitrogen and oxygen atoms in total.